The summed E-state index contributed by atoms with van der Waals surface area (Å²) in [6.45, 7) is 7.77. The van der Waals surface area contributed by atoms with Crippen LogP contribution in [0.2, 0.25) is 0 Å². The molecule has 0 aliphatic carbocycles. The van der Waals surface area contributed by atoms with Gasteiger partial charge >= 0.3 is 0 Å². The first kappa shape index (κ1) is 25.9. The minimum atomic E-state index is -2.62. The fraction of sp³-hybridized carbons (Fsp3) is 0.560. The van der Waals surface area contributed by atoms with Crippen molar-refractivity contribution in [3.05, 3.63) is 34.9 Å². The molecule has 13 nitrogen and oxygen atoms in total. The van der Waals surface area contributed by atoms with Crippen molar-refractivity contribution < 1.29 is 24.6 Å². The highest BCUT2D eigenvalue weighted by Gasteiger charge is 2.73. The SMILES string of the molecule is Cc1c(C(=O)N[C@H]2CN3C(N)=NC(CN4C(=O)CCC4=O)C4N=C(N)N[C@]43C2(O)O)cccc1C(C)(C)C. The third-order valence-corrected chi connectivity index (χ3v) is 8.02. The average Bonchev–Trinajstić information content (AvgIpc) is 3.41. The third kappa shape index (κ3) is 3.63. The normalized spacial score (nSPS) is 30.0. The van der Waals surface area contributed by atoms with Crippen molar-refractivity contribution in [1.82, 2.24) is 20.4 Å². The topological polar surface area (TPSA) is 199 Å². The van der Waals surface area contributed by atoms with Crippen molar-refractivity contribution in [3.8, 4) is 0 Å². The summed E-state index contributed by atoms with van der Waals surface area (Å²) in [5, 5.41) is 28.9. The van der Waals surface area contributed by atoms with Gasteiger partial charge in [-0.15, -0.1) is 0 Å². The minimum absolute atomic E-state index is 0.0575. The van der Waals surface area contributed by atoms with Crippen LogP contribution in [-0.2, 0) is 15.0 Å². The van der Waals surface area contributed by atoms with E-state index in [0.29, 0.717) is 5.56 Å². The average molecular weight is 527 g/mol. The lowest BCUT2D eigenvalue weighted by molar-refractivity contribution is -0.230. The molecule has 3 amide bonds. The minimum Gasteiger partial charge on any atom is -0.370 e. The Morgan fingerprint density at radius 1 is 1.18 bits per heavy atom. The molecule has 8 N–H and O–H groups in total. The number of amides is 3. The molecule has 1 aromatic rings. The Hall–Kier alpha value is -3.71. The molecule has 204 valence electrons. The summed E-state index contributed by atoms with van der Waals surface area (Å²) in [6, 6.07) is 2.33. The van der Waals surface area contributed by atoms with Crippen molar-refractivity contribution in [2.75, 3.05) is 13.1 Å². The number of carbonyl (C=O) groups excluding carboxylic acids is 3. The van der Waals surface area contributed by atoms with Crippen LogP contribution in [0.25, 0.3) is 0 Å². The quantitative estimate of drug-likeness (QED) is 0.194. The fourth-order valence-corrected chi connectivity index (χ4v) is 6.18. The summed E-state index contributed by atoms with van der Waals surface area (Å²) < 4.78 is 0. The zero-order valence-electron chi connectivity index (χ0n) is 21.9. The number of imide groups is 1. The van der Waals surface area contributed by atoms with Crippen LogP contribution < -0.4 is 22.1 Å². The van der Waals surface area contributed by atoms with Crippen molar-refractivity contribution >= 4 is 29.6 Å². The van der Waals surface area contributed by atoms with E-state index in [1.54, 1.807) is 12.1 Å². The number of nitrogens with zero attached hydrogens (tertiary/aromatic N) is 4. The van der Waals surface area contributed by atoms with Crippen LogP contribution in [0.1, 0.15) is 55.1 Å². The number of rotatable bonds is 4. The number of aliphatic imine (C=N–C) groups is 2. The van der Waals surface area contributed by atoms with Crippen LogP contribution in [0.5, 0.6) is 0 Å². The number of hydrogen-bond acceptors (Lipinski definition) is 11. The number of aliphatic hydroxyl groups is 2. The van der Waals surface area contributed by atoms with E-state index in [1.807, 2.05) is 13.0 Å². The van der Waals surface area contributed by atoms with Crippen LogP contribution in [0.15, 0.2) is 28.2 Å². The van der Waals surface area contributed by atoms with Gasteiger partial charge in [0.15, 0.2) is 17.6 Å². The zero-order valence-corrected chi connectivity index (χ0v) is 21.9. The Labute approximate surface area is 220 Å². The summed E-state index contributed by atoms with van der Waals surface area (Å²) in [7, 11) is 0. The summed E-state index contributed by atoms with van der Waals surface area (Å²) >= 11 is 0. The highest BCUT2D eigenvalue weighted by Crippen LogP contribution is 2.45. The van der Waals surface area contributed by atoms with E-state index in [4.69, 9.17) is 11.5 Å². The second kappa shape index (κ2) is 8.40. The molecule has 38 heavy (non-hydrogen) atoms. The van der Waals surface area contributed by atoms with Gasteiger partial charge in [-0.1, -0.05) is 32.9 Å². The van der Waals surface area contributed by atoms with Gasteiger partial charge in [0.25, 0.3) is 5.91 Å². The van der Waals surface area contributed by atoms with Gasteiger partial charge in [-0.05, 0) is 29.5 Å². The molecular weight excluding hydrogens is 492 g/mol. The van der Waals surface area contributed by atoms with Crippen LogP contribution in [0, 0.1) is 6.92 Å². The Bertz CT molecular complexity index is 1270. The van der Waals surface area contributed by atoms with Crippen LogP contribution in [0.4, 0.5) is 0 Å². The summed E-state index contributed by atoms with van der Waals surface area (Å²) in [5.41, 5.74) is 12.5. The molecule has 4 atom stereocenters. The Balaban J connectivity index is 1.46. The number of carbonyl (C=O) groups is 3. The molecule has 2 fully saturated rings. The molecule has 0 bridgehead atoms. The number of guanidine groups is 2. The van der Waals surface area contributed by atoms with Gasteiger partial charge in [0.1, 0.15) is 12.1 Å². The third-order valence-electron chi connectivity index (χ3n) is 8.02. The van der Waals surface area contributed by atoms with Crippen LogP contribution >= 0.6 is 0 Å². The van der Waals surface area contributed by atoms with E-state index in [0.717, 1.165) is 16.0 Å². The van der Waals surface area contributed by atoms with E-state index in [2.05, 4.69) is 41.4 Å². The maximum Gasteiger partial charge on any atom is 0.252 e. The monoisotopic (exact) mass is 526 g/mol. The number of likely N-dealkylation sites (tertiary alicyclic amines) is 1. The molecule has 0 radical (unpaired) electrons. The lowest BCUT2D eigenvalue weighted by atomic mass is 9.82. The predicted octanol–water partition coefficient (Wildman–Crippen LogP) is -1.78. The number of hydrogen-bond donors (Lipinski definition) is 6. The van der Waals surface area contributed by atoms with E-state index >= 15 is 0 Å². The molecular formula is C25H34N8O5. The molecule has 13 heteroatoms. The van der Waals surface area contributed by atoms with Crippen molar-refractivity contribution in [1.29, 1.82) is 0 Å². The molecule has 5 rings (SSSR count). The Kier molecular flexibility index (Phi) is 5.73. The van der Waals surface area contributed by atoms with Gasteiger partial charge in [-0.25, -0.2) is 9.98 Å². The lowest BCUT2D eigenvalue weighted by Crippen LogP contribution is -2.78. The molecule has 0 aromatic heterocycles. The predicted molar refractivity (Wildman–Crippen MR) is 138 cm³/mol. The summed E-state index contributed by atoms with van der Waals surface area (Å²) in [6.07, 6.45) is 0.203. The van der Waals surface area contributed by atoms with Crippen molar-refractivity contribution in [2.24, 2.45) is 21.5 Å². The van der Waals surface area contributed by atoms with E-state index < -0.39 is 35.5 Å². The van der Waals surface area contributed by atoms with Gasteiger partial charge in [0.05, 0.1) is 12.6 Å². The van der Waals surface area contributed by atoms with Gasteiger partial charge in [-0.3, -0.25) is 19.3 Å². The molecule has 4 aliphatic heterocycles. The smallest absolute Gasteiger partial charge is 0.252 e. The first-order chi connectivity index (χ1) is 17.7. The maximum absolute atomic E-state index is 13.4. The number of benzene rings is 1. The lowest BCUT2D eigenvalue weighted by Gasteiger charge is -2.49. The molecule has 0 saturated carbocycles. The highest BCUT2D eigenvalue weighted by molar-refractivity contribution is 6.02. The molecule has 1 spiro atoms. The van der Waals surface area contributed by atoms with Crippen molar-refractivity contribution in [3.63, 3.8) is 0 Å². The summed E-state index contributed by atoms with van der Waals surface area (Å²) in [5.74, 6) is -3.92. The molecule has 4 aliphatic rings. The first-order valence-electron chi connectivity index (χ1n) is 12.6. The van der Waals surface area contributed by atoms with E-state index in [-0.39, 0.29) is 55.1 Å². The van der Waals surface area contributed by atoms with Crippen LogP contribution in [-0.4, -0.2) is 92.3 Å². The number of nitrogens with two attached hydrogens (primary N) is 2. The van der Waals surface area contributed by atoms with Crippen LogP contribution in [0.3, 0.4) is 0 Å². The van der Waals surface area contributed by atoms with E-state index in [1.165, 1.54) is 4.90 Å². The zero-order chi connectivity index (χ0) is 27.8. The first-order valence-corrected chi connectivity index (χ1v) is 12.6. The fourth-order valence-electron chi connectivity index (χ4n) is 6.18. The van der Waals surface area contributed by atoms with Gasteiger partial charge in [-0.2, -0.15) is 0 Å². The molecule has 2 unspecified atom stereocenters. The standard InChI is InChI=1S/C25H34N8O5/c1-12-13(6-5-7-14(12)23(2,3)4)20(36)29-16-11-33-22(27)28-15(10-32-17(34)8-9-18(32)35)19-24(33,25(16,37)38)31-21(26)30-19/h5-7,15-16,19,37-38H,8-11H2,1-4H3,(H2,27,28)(H,29,36)(H3,26,30,31)/t15?,16-,19?,24+/m0/s1. The molecule has 4 heterocycles. The summed E-state index contributed by atoms with van der Waals surface area (Å²) in [4.78, 5) is 49.3. The second-order valence-electron chi connectivity index (χ2n) is 11.4. The van der Waals surface area contributed by atoms with Gasteiger partial charge in [0, 0.05) is 24.9 Å². The Morgan fingerprint density at radius 2 is 1.84 bits per heavy atom. The van der Waals surface area contributed by atoms with Crippen molar-refractivity contribution in [2.45, 2.75) is 75.5 Å². The Morgan fingerprint density at radius 3 is 2.47 bits per heavy atom. The van der Waals surface area contributed by atoms with Gasteiger partial charge < -0.3 is 37.2 Å². The highest BCUT2D eigenvalue weighted by atomic mass is 16.5. The van der Waals surface area contributed by atoms with E-state index in [9.17, 15) is 24.6 Å². The largest absolute Gasteiger partial charge is 0.370 e. The second-order valence-corrected chi connectivity index (χ2v) is 11.4. The molecule has 1 aromatic carbocycles. The maximum atomic E-state index is 13.4. The van der Waals surface area contributed by atoms with Gasteiger partial charge in [0.2, 0.25) is 17.6 Å². The molecule has 2 saturated heterocycles. The number of nitrogens with one attached hydrogen (secondary N) is 2.